The summed E-state index contributed by atoms with van der Waals surface area (Å²) in [6.45, 7) is 4.63. The van der Waals surface area contributed by atoms with Gasteiger partial charge in [0.05, 0.1) is 12.5 Å². The van der Waals surface area contributed by atoms with E-state index >= 15 is 0 Å². The summed E-state index contributed by atoms with van der Waals surface area (Å²) in [7, 11) is 0. The molecule has 9 heavy (non-hydrogen) atoms. The maximum atomic E-state index is 10.8. The van der Waals surface area contributed by atoms with Crippen LogP contribution in [-0.2, 0) is 9.53 Å². The maximum Gasteiger partial charge on any atom is 0.308 e. The van der Waals surface area contributed by atoms with Crippen LogP contribution >= 0.6 is 0 Å². The van der Waals surface area contributed by atoms with Crippen LogP contribution in [0.15, 0.2) is 0 Å². The van der Waals surface area contributed by atoms with Crippen molar-refractivity contribution in [2.75, 3.05) is 6.61 Å². The number of carbonyl (C=O) groups excluding carboxylic acids is 1. The topological polar surface area (TPSA) is 26.3 Å². The zero-order valence-electron chi connectivity index (χ0n) is 5.89. The van der Waals surface area contributed by atoms with Crippen LogP contribution in [0.5, 0.6) is 0 Å². The maximum absolute atomic E-state index is 10.8. The second kappa shape index (κ2) is 2.38. The Kier molecular flexibility index (Phi) is 1.74. The van der Waals surface area contributed by atoms with Crippen molar-refractivity contribution in [2.24, 2.45) is 11.8 Å². The molecule has 1 heterocycles. The molecule has 0 aliphatic carbocycles. The monoisotopic (exact) mass is 128 g/mol. The van der Waals surface area contributed by atoms with Gasteiger partial charge in [-0.05, 0) is 12.3 Å². The Labute approximate surface area is 55.2 Å². The van der Waals surface area contributed by atoms with Gasteiger partial charge in [0.15, 0.2) is 0 Å². The molecule has 1 saturated heterocycles. The molecule has 0 bridgehead atoms. The highest BCUT2D eigenvalue weighted by Gasteiger charge is 2.25. The molecule has 1 aliphatic heterocycles. The lowest BCUT2D eigenvalue weighted by Crippen LogP contribution is -2.28. The lowest BCUT2D eigenvalue weighted by atomic mass is 9.91. The zero-order valence-corrected chi connectivity index (χ0v) is 5.89. The third kappa shape index (κ3) is 1.23. The summed E-state index contributed by atoms with van der Waals surface area (Å²) < 4.78 is 4.82. The number of cyclic esters (lactones) is 1. The molecule has 0 aromatic carbocycles. The summed E-state index contributed by atoms with van der Waals surface area (Å²) in [4.78, 5) is 10.8. The minimum atomic E-state index is -0.0336. The number of esters is 1. The van der Waals surface area contributed by atoms with Crippen molar-refractivity contribution < 1.29 is 9.53 Å². The van der Waals surface area contributed by atoms with Crippen LogP contribution in [-0.4, -0.2) is 12.6 Å². The second-order valence-corrected chi connectivity index (χ2v) is 2.72. The SMILES string of the molecule is CC1C(=O)OCC[C@H]1C. The Balaban J connectivity index is 2.51. The largest absolute Gasteiger partial charge is 0.465 e. The number of hydrogen-bond donors (Lipinski definition) is 0. The Bertz CT molecular complexity index is 120. The first-order chi connectivity index (χ1) is 4.22. The molecule has 0 N–H and O–H groups in total. The first-order valence-electron chi connectivity index (χ1n) is 3.38. The van der Waals surface area contributed by atoms with Crippen molar-refractivity contribution >= 4 is 5.97 Å². The molecule has 0 aromatic rings. The molecule has 2 atom stereocenters. The van der Waals surface area contributed by atoms with Crippen molar-refractivity contribution in [1.82, 2.24) is 0 Å². The molecule has 0 spiro atoms. The summed E-state index contributed by atoms with van der Waals surface area (Å²) in [5, 5.41) is 0. The Morgan fingerprint density at radius 3 is 2.67 bits per heavy atom. The van der Waals surface area contributed by atoms with Crippen LogP contribution < -0.4 is 0 Å². The van der Waals surface area contributed by atoms with Crippen LogP contribution in [0.25, 0.3) is 0 Å². The minimum absolute atomic E-state index is 0.0336. The average molecular weight is 128 g/mol. The van der Waals surface area contributed by atoms with E-state index < -0.39 is 0 Å². The highest BCUT2D eigenvalue weighted by Crippen LogP contribution is 2.20. The van der Waals surface area contributed by atoms with Gasteiger partial charge in [0.1, 0.15) is 0 Å². The van der Waals surface area contributed by atoms with Crippen LogP contribution in [0.1, 0.15) is 20.3 Å². The normalized spacial score (nSPS) is 36.0. The van der Waals surface area contributed by atoms with Crippen molar-refractivity contribution in [3.05, 3.63) is 0 Å². The zero-order chi connectivity index (χ0) is 6.85. The number of ether oxygens (including phenoxy) is 1. The molecule has 1 fully saturated rings. The molecule has 2 nitrogen and oxygen atoms in total. The van der Waals surface area contributed by atoms with Gasteiger partial charge in [-0.1, -0.05) is 13.8 Å². The summed E-state index contributed by atoms with van der Waals surface area (Å²) in [6, 6.07) is 0. The predicted octanol–water partition coefficient (Wildman–Crippen LogP) is 1.21. The highest BCUT2D eigenvalue weighted by atomic mass is 16.5. The van der Waals surface area contributed by atoms with E-state index in [1.165, 1.54) is 0 Å². The van der Waals surface area contributed by atoms with Crippen LogP contribution in [0, 0.1) is 11.8 Å². The van der Waals surface area contributed by atoms with Crippen LogP contribution in [0.4, 0.5) is 0 Å². The third-order valence-electron chi connectivity index (χ3n) is 2.04. The van der Waals surface area contributed by atoms with E-state index in [0.717, 1.165) is 6.42 Å². The van der Waals surface area contributed by atoms with E-state index in [4.69, 9.17) is 4.74 Å². The van der Waals surface area contributed by atoms with Gasteiger partial charge >= 0.3 is 5.97 Å². The predicted molar refractivity (Wildman–Crippen MR) is 33.9 cm³/mol. The van der Waals surface area contributed by atoms with Crippen molar-refractivity contribution in [3.8, 4) is 0 Å². The van der Waals surface area contributed by atoms with E-state index in [9.17, 15) is 4.79 Å². The molecule has 0 saturated carbocycles. The van der Waals surface area contributed by atoms with Gasteiger partial charge < -0.3 is 4.74 Å². The molecule has 1 aliphatic rings. The number of hydrogen-bond acceptors (Lipinski definition) is 2. The molecule has 0 radical (unpaired) electrons. The Morgan fingerprint density at radius 2 is 2.22 bits per heavy atom. The minimum Gasteiger partial charge on any atom is -0.465 e. The fourth-order valence-corrected chi connectivity index (χ4v) is 0.959. The molecular weight excluding hydrogens is 116 g/mol. The first kappa shape index (κ1) is 6.59. The fourth-order valence-electron chi connectivity index (χ4n) is 0.959. The number of rotatable bonds is 0. The molecule has 0 amide bonds. The van der Waals surface area contributed by atoms with Crippen molar-refractivity contribution in [1.29, 1.82) is 0 Å². The summed E-state index contributed by atoms with van der Waals surface area (Å²) >= 11 is 0. The molecule has 1 rings (SSSR count). The fraction of sp³-hybridized carbons (Fsp3) is 0.857. The van der Waals surface area contributed by atoms with E-state index in [2.05, 4.69) is 6.92 Å². The smallest absolute Gasteiger partial charge is 0.308 e. The van der Waals surface area contributed by atoms with Gasteiger partial charge in [-0.2, -0.15) is 0 Å². The number of carbonyl (C=O) groups is 1. The standard InChI is InChI=1S/C7H12O2/c1-5-3-4-9-7(8)6(5)2/h5-6H,3-4H2,1-2H3/t5-,6?/m1/s1. The van der Waals surface area contributed by atoms with Gasteiger partial charge in [0.25, 0.3) is 0 Å². The van der Waals surface area contributed by atoms with Gasteiger partial charge in [-0.3, -0.25) is 4.79 Å². The van der Waals surface area contributed by atoms with Gasteiger partial charge in [0, 0.05) is 0 Å². The Hall–Kier alpha value is -0.530. The summed E-state index contributed by atoms with van der Waals surface area (Å²) in [5.41, 5.74) is 0. The second-order valence-electron chi connectivity index (χ2n) is 2.72. The molecular formula is C7H12O2. The summed E-state index contributed by atoms with van der Waals surface area (Å²) in [6.07, 6.45) is 1.02. The molecule has 2 heteroatoms. The van der Waals surface area contributed by atoms with E-state index in [-0.39, 0.29) is 11.9 Å². The van der Waals surface area contributed by atoms with Gasteiger partial charge in [-0.25, -0.2) is 0 Å². The average Bonchev–Trinajstić information content (AvgIpc) is 1.83. The highest BCUT2D eigenvalue weighted by molar-refractivity contribution is 5.72. The quantitative estimate of drug-likeness (QED) is 0.458. The van der Waals surface area contributed by atoms with E-state index in [1.54, 1.807) is 0 Å². The molecule has 1 unspecified atom stereocenters. The van der Waals surface area contributed by atoms with Crippen LogP contribution in [0.2, 0.25) is 0 Å². The van der Waals surface area contributed by atoms with Crippen LogP contribution in [0.3, 0.4) is 0 Å². The third-order valence-corrected chi connectivity index (χ3v) is 2.04. The van der Waals surface area contributed by atoms with Crippen molar-refractivity contribution in [3.63, 3.8) is 0 Å². The summed E-state index contributed by atoms with van der Waals surface area (Å²) in [5.74, 6) is 0.582. The first-order valence-corrected chi connectivity index (χ1v) is 3.38. The van der Waals surface area contributed by atoms with Gasteiger partial charge in [0.2, 0.25) is 0 Å². The van der Waals surface area contributed by atoms with Gasteiger partial charge in [-0.15, -0.1) is 0 Å². The lowest BCUT2D eigenvalue weighted by molar-refractivity contribution is -0.155. The Morgan fingerprint density at radius 1 is 1.56 bits per heavy atom. The molecule has 0 aromatic heterocycles. The molecule has 52 valence electrons. The van der Waals surface area contributed by atoms with E-state index in [0.29, 0.717) is 12.5 Å². The lowest BCUT2D eigenvalue weighted by Gasteiger charge is -2.23. The van der Waals surface area contributed by atoms with E-state index in [1.807, 2.05) is 6.92 Å². The van der Waals surface area contributed by atoms with Crippen molar-refractivity contribution in [2.45, 2.75) is 20.3 Å².